The number of hydrogen-bond acceptors (Lipinski definition) is 10. The molecule has 0 amide bonds. The summed E-state index contributed by atoms with van der Waals surface area (Å²) in [6.45, 7) is 3.55. The summed E-state index contributed by atoms with van der Waals surface area (Å²) in [6, 6.07) is 2.39. The number of nitrogens with two attached hydrogens (primary N) is 1. The molecule has 0 saturated carbocycles. The van der Waals surface area contributed by atoms with Gasteiger partial charge in [-0.15, -0.1) is 0 Å². The maximum atomic E-state index is 15.7. The summed E-state index contributed by atoms with van der Waals surface area (Å²) in [4.78, 5) is 29.8. The summed E-state index contributed by atoms with van der Waals surface area (Å²) in [6.07, 6.45) is -1.54. The Hall–Kier alpha value is -3.47. The molecule has 0 spiro atoms. The Bertz CT molecular complexity index is 1500. The lowest BCUT2D eigenvalue weighted by Crippen LogP contribution is -2.39. The number of likely N-dealkylation sites (tertiary alicyclic amines) is 1. The topological polar surface area (TPSA) is 124 Å². The minimum atomic E-state index is -4.76. The van der Waals surface area contributed by atoms with Crippen molar-refractivity contribution in [3.63, 3.8) is 0 Å². The van der Waals surface area contributed by atoms with Crippen molar-refractivity contribution in [3.8, 4) is 11.3 Å². The standard InChI is InChI=1S/C28H33F5N8O2S/c1-15-3-4-21(34)41(15)13-20-24(16-9-17(28(31,32)33)11-18(29)10-16)37-27(44-20)38-25-23(30)26(36-14-35-25)40-8-5-19(12-40)39(2)7-6-22(42)43/h9-11,14-15,19,21H,3-8,12-13,34H2,1-2H3,(H,42,43)(H,35,36,37,38)/t15-,19+,21+/m1/s1. The van der Waals surface area contributed by atoms with E-state index in [2.05, 4.69) is 20.3 Å². The molecule has 1 aromatic carbocycles. The van der Waals surface area contributed by atoms with E-state index in [0.29, 0.717) is 37.0 Å². The Balaban J connectivity index is 1.43. The molecule has 2 aromatic heterocycles. The van der Waals surface area contributed by atoms with Gasteiger partial charge in [0.05, 0.1) is 23.8 Å². The molecule has 238 valence electrons. The van der Waals surface area contributed by atoms with Gasteiger partial charge in [-0.2, -0.15) is 17.6 Å². The molecule has 2 fully saturated rings. The number of anilines is 3. The maximum Gasteiger partial charge on any atom is 0.416 e. The van der Waals surface area contributed by atoms with E-state index in [1.165, 1.54) is 6.33 Å². The second-order valence-corrected chi connectivity index (χ2v) is 12.3. The first kappa shape index (κ1) is 31.9. The van der Waals surface area contributed by atoms with E-state index < -0.39 is 29.3 Å². The van der Waals surface area contributed by atoms with Crippen molar-refractivity contribution in [2.45, 2.75) is 63.6 Å². The highest BCUT2D eigenvalue weighted by Crippen LogP contribution is 2.39. The molecule has 2 aliphatic rings. The molecule has 16 heteroatoms. The number of thiazole rings is 1. The van der Waals surface area contributed by atoms with Crippen LogP contribution in [0.15, 0.2) is 24.5 Å². The average molecular weight is 641 g/mol. The fourth-order valence-corrected chi connectivity index (χ4v) is 6.65. The number of alkyl halides is 3. The normalized spacial score (nSPS) is 21.0. The molecule has 3 aromatic rings. The molecule has 0 aliphatic carbocycles. The van der Waals surface area contributed by atoms with Gasteiger partial charge in [0.25, 0.3) is 0 Å². The van der Waals surface area contributed by atoms with Gasteiger partial charge in [0.1, 0.15) is 12.1 Å². The number of aromatic nitrogens is 3. The van der Waals surface area contributed by atoms with E-state index in [9.17, 15) is 22.4 Å². The number of benzene rings is 1. The van der Waals surface area contributed by atoms with Crippen LogP contribution in [0.3, 0.4) is 0 Å². The number of halogens is 5. The number of carboxylic acid groups (broad SMARTS) is 1. The van der Waals surface area contributed by atoms with Gasteiger partial charge in [-0.25, -0.2) is 19.3 Å². The lowest BCUT2D eigenvalue weighted by Gasteiger charge is -2.25. The Morgan fingerprint density at radius 2 is 1.98 bits per heavy atom. The molecule has 2 saturated heterocycles. The van der Waals surface area contributed by atoms with Crippen LogP contribution in [0.4, 0.5) is 38.7 Å². The SMILES string of the molecule is C[C@@H]1CC[C@@H](N)N1Cc1sc(Nc2ncnc(N3CC[C@H](N(C)CCC(=O)O)C3)c2F)nc1-c1cc(F)cc(C(F)(F)F)c1. The summed E-state index contributed by atoms with van der Waals surface area (Å²) in [7, 11) is 1.82. The summed E-state index contributed by atoms with van der Waals surface area (Å²) in [5.74, 6) is -2.80. The van der Waals surface area contributed by atoms with Crippen LogP contribution in [-0.4, -0.2) is 80.8 Å². The lowest BCUT2D eigenvalue weighted by atomic mass is 10.1. The summed E-state index contributed by atoms with van der Waals surface area (Å²) in [5.41, 5.74) is 5.21. The number of carboxylic acids is 1. The van der Waals surface area contributed by atoms with E-state index in [0.717, 1.165) is 36.3 Å². The minimum absolute atomic E-state index is 0.00350. The molecular weight excluding hydrogens is 607 g/mol. The third-order valence-corrected chi connectivity index (χ3v) is 9.11. The minimum Gasteiger partial charge on any atom is -0.481 e. The number of nitrogens with zero attached hydrogens (tertiary/aromatic N) is 6. The van der Waals surface area contributed by atoms with Crippen LogP contribution in [0.25, 0.3) is 11.3 Å². The predicted octanol–water partition coefficient (Wildman–Crippen LogP) is 4.90. The van der Waals surface area contributed by atoms with Gasteiger partial charge < -0.3 is 26.0 Å². The summed E-state index contributed by atoms with van der Waals surface area (Å²) in [5, 5.41) is 12.0. The van der Waals surface area contributed by atoms with Gasteiger partial charge in [-0.1, -0.05) is 11.3 Å². The lowest BCUT2D eigenvalue weighted by molar-refractivity contribution is -0.138. The van der Waals surface area contributed by atoms with Crippen LogP contribution < -0.4 is 16.0 Å². The van der Waals surface area contributed by atoms with Gasteiger partial charge in [0, 0.05) is 48.7 Å². The molecule has 3 atom stereocenters. The van der Waals surface area contributed by atoms with Crippen molar-refractivity contribution in [1.82, 2.24) is 24.8 Å². The second-order valence-electron chi connectivity index (χ2n) is 11.2. The van der Waals surface area contributed by atoms with Crippen LogP contribution in [0.2, 0.25) is 0 Å². The number of hydrogen-bond donors (Lipinski definition) is 3. The fraction of sp³-hybridized carbons (Fsp3) is 0.500. The Labute approximate surface area is 254 Å². The number of nitrogens with one attached hydrogen (secondary N) is 1. The van der Waals surface area contributed by atoms with Crippen molar-refractivity contribution in [2.24, 2.45) is 5.73 Å². The highest BCUT2D eigenvalue weighted by molar-refractivity contribution is 7.16. The molecule has 4 N–H and O–H groups in total. The summed E-state index contributed by atoms with van der Waals surface area (Å²) < 4.78 is 70.7. The quantitative estimate of drug-likeness (QED) is 0.264. The van der Waals surface area contributed by atoms with Crippen LogP contribution in [0.5, 0.6) is 0 Å². The van der Waals surface area contributed by atoms with Crippen LogP contribution >= 0.6 is 11.3 Å². The Kier molecular flexibility index (Phi) is 9.34. The number of rotatable bonds is 10. The van der Waals surface area contributed by atoms with Gasteiger partial charge in [0.15, 0.2) is 16.8 Å². The summed E-state index contributed by atoms with van der Waals surface area (Å²) >= 11 is 1.10. The highest BCUT2D eigenvalue weighted by atomic mass is 32.1. The Morgan fingerprint density at radius 1 is 1.20 bits per heavy atom. The molecule has 0 bridgehead atoms. The molecule has 4 heterocycles. The first-order valence-electron chi connectivity index (χ1n) is 14.1. The number of carbonyl (C=O) groups is 1. The number of likely N-dealkylation sites (N-methyl/N-ethyl adjacent to an activating group) is 1. The third-order valence-electron chi connectivity index (χ3n) is 8.16. The number of aliphatic carboxylic acids is 1. The fourth-order valence-electron chi connectivity index (χ4n) is 5.66. The zero-order valence-electron chi connectivity index (χ0n) is 24.1. The van der Waals surface area contributed by atoms with E-state index in [4.69, 9.17) is 10.8 Å². The van der Waals surface area contributed by atoms with E-state index in [-0.39, 0.29) is 59.2 Å². The molecule has 0 unspecified atom stereocenters. The molecule has 0 radical (unpaired) electrons. The van der Waals surface area contributed by atoms with Crippen molar-refractivity contribution >= 4 is 34.1 Å². The largest absolute Gasteiger partial charge is 0.481 e. The Morgan fingerprint density at radius 3 is 2.66 bits per heavy atom. The van der Waals surface area contributed by atoms with E-state index >= 15 is 4.39 Å². The average Bonchev–Trinajstić information content (AvgIpc) is 3.68. The van der Waals surface area contributed by atoms with E-state index in [1.807, 2.05) is 23.8 Å². The van der Waals surface area contributed by atoms with Crippen molar-refractivity contribution < 1.29 is 31.9 Å². The smallest absolute Gasteiger partial charge is 0.416 e. The molecule has 10 nitrogen and oxygen atoms in total. The van der Waals surface area contributed by atoms with Gasteiger partial charge in [0.2, 0.25) is 5.82 Å². The van der Waals surface area contributed by atoms with Gasteiger partial charge in [-0.3, -0.25) is 9.69 Å². The maximum absolute atomic E-state index is 15.7. The molecule has 2 aliphatic heterocycles. The first-order chi connectivity index (χ1) is 20.8. The zero-order chi connectivity index (χ0) is 31.8. The molecular formula is C28H33F5N8O2S. The van der Waals surface area contributed by atoms with Crippen molar-refractivity contribution in [1.29, 1.82) is 0 Å². The van der Waals surface area contributed by atoms with E-state index in [1.54, 1.807) is 4.90 Å². The van der Waals surface area contributed by atoms with Gasteiger partial charge in [-0.05, 0) is 51.4 Å². The zero-order valence-corrected chi connectivity index (χ0v) is 24.9. The van der Waals surface area contributed by atoms with Crippen LogP contribution in [0, 0.1) is 11.6 Å². The van der Waals surface area contributed by atoms with Gasteiger partial charge >= 0.3 is 12.1 Å². The first-order valence-corrected chi connectivity index (χ1v) is 15.0. The third kappa shape index (κ3) is 7.08. The molecule has 44 heavy (non-hydrogen) atoms. The predicted molar refractivity (Wildman–Crippen MR) is 155 cm³/mol. The van der Waals surface area contributed by atoms with Crippen LogP contribution in [0.1, 0.15) is 43.0 Å². The monoisotopic (exact) mass is 640 g/mol. The second kappa shape index (κ2) is 12.9. The van der Waals surface area contributed by atoms with Crippen molar-refractivity contribution in [2.75, 3.05) is 36.9 Å². The van der Waals surface area contributed by atoms with Crippen molar-refractivity contribution in [3.05, 3.63) is 46.6 Å². The van der Waals surface area contributed by atoms with Crippen LogP contribution in [-0.2, 0) is 17.5 Å². The highest BCUT2D eigenvalue weighted by Gasteiger charge is 2.34. The molecule has 5 rings (SSSR count).